The molecule has 0 radical (unpaired) electrons. The largest absolute Gasteiger partial charge is 0.497 e. The van der Waals surface area contributed by atoms with Gasteiger partial charge in [-0.1, -0.05) is 6.07 Å². The van der Waals surface area contributed by atoms with E-state index in [1.54, 1.807) is 24.3 Å². The van der Waals surface area contributed by atoms with Gasteiger partial charge in [0.15, 0.2) is 0 Å². The van der Waals surface area contributed by atoms with E-state index in [-0.39, 0.29) is 0 Å². The molecule has 0 aliphatic carbocycles. The van der Waals surface area contributed by atoms with E-state index in [0.717, 1.165) is 17.8 Å². The number of ether oxygens (including phenoxy) is 1. The second kappa shape index (κ2) is 6.96. The van der Waals surface area contributed by atoms with E-state index >= 15 is 0 Å². The Morgan fingerprint density at radius 1 is 0.833 bits per heavy atom. The van der Waals surface area contributed by atoms with E-state index in [4.69, 9.17) is 4.74 Å². The van der Waals surface area contributed by atoms with E-state index < -0.39 is 34.8 Å². The third kappa shape index (κ3) is 4.37. The monoisotopic (exact) mass is 366 g/mol. The maximum atomic E-state index is 13.0. The molecule has 2 aromatic rings. The summed E-state index contributed by atoms with van der Waals surface area (Å²) < 4.78 is 83.2. The van der Waals surface area contributed by atoms with Gasteiger partial charge >= 0.3 is 12.4 Å². The Bertz CT molecular complexity index is 659. The van der Waals surface area contributed by atoms with Crippen molar-refractivity contribution in [2.75, 3.05) is 7.11 Å². The third-order valence-electron chi connectivity index (χ3n) is 3.23. The lowest BCUT2D eigenvalue weighted by molar-refractivity contribution is -0.144. The number of thioether (sulfide) groups is 1. The minimum absolute atomic E-state index is 0.448. The number of hydrogen-bond donors (Lipinski definition) is 0. The first kappa shape index (κ1) is 18.5. The summed E-state index contributed by atoms with van der Waals surface area (Å²) in [7, 11) is 1.46. The number of methoxy groups -OCH3 is 1. The summed E-state index contributed by atoms with van der Waals surface area (Å²) in [5.74, 6) is 0.0997. The molecular weight excluding hydrogens is 354 g/mol. The van der Waals surface area contributed by atoms with E-state index in [2.05, 4.69) is 0 Å². The van der Waals surface area contributed by atoms with Crippen LogP contribution in [0.2, 0.25) is 0 Å². The number of alkyl halides is 6. The molecule has 0 aliphatic rings. The van der Waals surface area contributed by atoms with Crippen LogP contribution in [-0.2, 0) is 18.1 Å². The zero-order valence-corrected chi connectivity index (χ0v) is 13.1. The van der Waals surface area contributed by atoms with Crippen LogP contribution in [-0.4, -0.2) is 7.11 Å². The fourth-order valence-corrected chi connectivity index (χ4v) is 3.05. The first-order valence-electron chi connectivity index (χ1n) is 6.66. The van der Waals surface area contributed by atoms with Gasteiger partial charge < -0.3 is 4.74 Å². The van der Waals surface area contributed by atoms with Gasteiger partial charge in [0.1, 0.15) is 5.75 Å². The van der Waals surface area contributed by atoms with Crippen molar-refractivity contribution in [2.45, 2.75) is 23.0 Å². The summed E-state index contributed by atoms with van der Waals surface area (Å²) in [6, 6.07) is 8.43. The van der Waals surface area contributed by atoms with Crippen LogP contribution in [0.1, 0.15) is 16.7 Å². The molecule has 0 aliphatic heterocycles. The topological polar surface area (TPSA) is 9.23 Å². The van der Waals surface area contributed by atoms with Gasteiger partial charge in [0.05, 0.1) is 18.2 Å². The molecule has 130 valence electrons. The third-order valence-corrected chi connectivity index (χ3v) is 4.27. The lowest BCUT2D eigenvalue weighted by Crippen LogP contribution is -2.15. The van der Waals surface area contributed by atoms with Gasteiger partial charge in [-0.25, -0.2) is 0 Å². The van der Waals surface area contributed by atoms with Gasteiger partial charge in [0.2, 0.25) is 0 Å². The Morgan fingerprint density at radius 3 is 1.75 bits per heavy atom. The average Bonchev–Trinajstić information content (AvgIpc) is 2.51. The van der Waals surface area contributed by atoms with Crippen LogP contribution in [0.15, 0.2) is 47.4 Å². The van der Waals surface area contributed by atoms with Gasteiger partial charge in [-0.05, 0) is 42.0 Å². The molecule has 0 amide bonds. The predicted molar refractivity (Wildman–Crippen MR) is 79.0 cm³/mol. The van der Waals surface area contributed by atoms with Gasteiger partial charge in [-0.15, -0.1) is 11.8 Å². The molecule has 0 saturated heterocycles. The Labute approximate surface area is 138 Å². The Morgan fingerprint density at radius 2 is 1.33 bits per heavy atom. The molecule has 0 atom stereocenters. The van der Waals surface area contributed by atoms with Crippen LogP contribution in [0.3, 0.4) is 0 Å². The van der Waals surface area contributed by atoms with Crippen LogP contribution in [0.25, 0.3) is 0 Å². The number of halogens is 6. The molecule has 2 aromatic carbocycles. The maximum Gasteiger partial charge on any atom is 0.416 e. The highest BCUT2D eigenvalue weighted by atomic mass is 32.2. The zero-order valence-electron chi connectivity index (χ0n) is 12.3. The second-order valence-corrected chi connectivity index (χ2v) is 5.84. The van der Waals surface area contributed by atoms with Crippen molar-refractivity contribution in [3.63, 3.8) is 0 Å². The van der Waals surface area contributed by atoms with Crippen molar-refractivity contribution < 1.29 is 31.1 Å². The summed E-state index contributed by atoms with van der Waals surface area (Å²) in [5, 5.41) is 0. The summed E-state index contributed by atoms with van der Waals surface area (Å²) in [6.07, 6.45) is -9.70. The van der Waals surface area contributed by atoms with Crippen molar-refractivity contribution in [2.24, 2.45) is 0 Å². The van der Waals surface area contributed by atoms with E-state index in [1.807, 2.05) is 0 Å². The molecule has 0 bridgehead atoms. The predicted octanol–water partition coefficient (Wildman–Crippen LogP) is 6.03. The van der Waals surface area contributed by atoms with Crippen LogP contribution >= 0.6 is 11.8 Å². The summed E-state index contributed by atoms with van der Waals surface area (Å²) in [5.41, 5.74) is -3.30. The first-order chi connectivity index (χ1) is 11.1. The van der Waals surface area contributed by atoms with Crippen molar-refractivity contribution in [3.05, 3.63) is 59.2 Å². The zero-order chi connectivity index (χ0) is 18.0. The van der Waals surface area contributed by atoms with Crippen molar-refractivity contribution in [3.8, 4) is 5.75 Å². The van der Waals surface area contributed by atoms with Crippen molar-refractivity contribution >= 4 is 11.8 Å². The van der Waals surface area contributed by atoms with Crippen LogP contribution in [0, 0.1) is 0 Å². The van der Waals surface area contributed by atoms with Gasteiger partial charge in [-0.3, -0.25) is 0 Å². The highest BCUT2D eigenvalue weighted by molar-refractivity contribution is 7.98. The van der Waals surface area contributed by atoms with Crippen LogP contribution in [0.5, 0.6) is 5.75 Å². The minimum Gasteiger partial charge on any atom is -0.497 e. The van der Waals surface area contributed by atoms with Gasteiger partial charge in [-0.2, -0.15) is 26.3 Å². The molecule has 0 saturated carbocycles. The fraction of sp³-hybridized carbons (Fsp3) is 0.250. The maximum absolute atomic E-state index is 13.0. The van der Waals surface area contributed by atoms with Crippen LogP contribution < -0.4 is 4.74 Å². The van der Waals surface area contributed by atoms with Crippen LogP contribution in [0.4, 0.5) is 26.3 Å². The lowest BCUT2D eigenvalue weighted by Gasteiger charge is -2.18. The number of hydrogen-bond acceptors (Lipinski definition) is 2. The van der Waals surface area contributed by atoms with E-state index in [0.29, 0.717) is 22.8 Å². The van der Waals surface area contributed by atoms with Crippen molar-refractivity contribution in [1.82, 2.24) is 0 Å². The molecule has 0 spiro atoms. The van der Waals surface area contributed by atoms with E-state index in [9.17, 15) is 26.3 Å². The summed E-state index contributed by atoms with van der Waals surface area (Å²) in [4.78, 5) is 0.543. The Kier molecular flexibility index (Phi) is 5.37. The standard InChI is InChI=1S/C16H12F6OS/c1-23-10-5-7-11(8-6-10)24-9-12-13(15(17,18)19)3-2-4-14(12)16(20,21)22/h2-8H,9H2,1H3. The average molecular weight is 366 g/mol. The molecule has 0 N–H and O–H groups in total. The number of benzene rings is 2. The molecule has 2 rings (SSSR count). The molecule has 0 heterocycles. The molecule has 0 unspecified atom stereocenters. The van der Waals surface area contributed by atoms with Gasteiger partial charge in [0, 0.05) is 10.6 Å². The number of rotatable bonds is 4. The minimum atomic E-state index is -4.85. The second-order valence-electron chi connectivity index (χ2n) is 4.79. The summed E-state index contributed by atoms with van der Waals surface area (Å²) >= 11 is 0.898. The molecule has 0 aromatic heterocycles. The SMILES string of the molecule is COc1ccc(SCc2c(C(F)(F)F)cccc2C(F)(F)F)cc1. The first-order valence-corrected chi connectivity index (χ1v) is 7.64. The Balaban J connectivity index is 2.36. The molecular formula is C16H12F6OS. The summed E-state index contributed by atoms with van der Waals surface area (Å²) in [6.45, 7) is 0. The van der Waals surface area contributed by atoms with Gasteiger partial charge in [0.25, 0.3) is 0 Å². The molecule has 8 heteroatoms. The van der Waals surface area contributed by atoms with E-state index in [1.165, 1.54) is 7.11 Å². The quantitative estimate of drug-likeness (QED) is 0.483. The molecule has 24 heavy (non-hydrogen) atoms. The van der Waals surface area contributed by atoms with Crippen molar-refractivity contribution in [1.29, 1.82) is 0 Å². The highest BCUT2D eigenvalue weighted by Crippen LogP contribution is 2.41. The fourth-order valence-electron chi connectivity index (χ4n) is 2.10. The normalized spacial score (nSPS) is 12.3. The smallest absolute Gasteiger partial charge is 0.416 e. The Hall–Kier alpha value is -1.83. The lowest BCUT2D eigenvalue weighted by atomic mass is 10.0. The highest BCUT2D eigenvalue weighted by Gasteiger charge is 2.40. The molecule has 1 nitrogen and oxygen atoms in total. The molecule has 0 fully saturated rings.